The Morgan fingerprint density at radius 1 is 1.16 bits per heavy atom. The second-order valence-electron chi connectivity index (χ2n) is 7.45. The molecule has 2 fully saturated rings. The van der Waals surface area contributed by atoms with Crippen LogP contribution in [0.5, 0.6) is 0 Å². The number of benzene rings is 1. The van der Waals surface area contributed by atoms with Gasteiger partial charge in [0.1, 0.15) is 5.82 Å². The third kappa shape index (κ3) is 4.79. The number of nitrogens with one attached hydrogen (secondary N) is 1. The zero-order chi connectivity index (χ0) is 22.0. The minimum atomic E-state index is -4.50. The van der Waals surface area contributed by atoms with E-state index in [1.807, 2.05) is 0 Å². The van der Waals surface area contributed by atoms with E-state index in [2.05, 4.69) is 15.2 Å². The number of amides is 2. The average Bonchev–Trinajstić information content (AvgIpc) is 3.16. The average molecular weight is 434 g/mol. The first-order chi connectivity index (χ1) is 14.8. The van der Waals surface area contributed by atoms with Crippen LogP contribution in [0.3, 0.4) is 0 Å². The van der Waals surface area contributed by atoms with Crippen molar-refractivity contribution in [2.24, 2.45) is 5.92 Å². The van der Waals surface area contributed by atoms with Gasteiger partial charge in [-0.25, -0.2) is 4.98 Å². The molecule has 0 spiro atoms. The fourth-order valence-corrected chi connectivity index (χ4v) is 3.67. The van der Waals surface area contributed by atoms with Gasteiger partial charge in [-0.2, -0.15) is 13.2 Å². The van der Waals surface area contributed by atoms with E-state index in [9.17, 15) is 22.8 Å². The summed E-state index contributed by atoms with van der Waals surface area (Å²) in [5.74, 6) is -0.641. The number of carbonyl (C=O) groups excluding carboxylic acids is 2. The lowest BCUT2D eigenvalue weighted by atomic mass is 10.1. The van der Waals surface area contributed by atoms with Crippen molar-refractivity contribution in [2.45, 2.75) is 12.6 Å². The summed E-state index contributed by atoms with van der Waals surface area (Å²) in [4.78, 5) is 32.7. The van der Waals surface area contributed by atoms with Crippen molar-refractivity contribution in [3.63, 3.8) is 0 Å². The normalized spacial score (nSPS) is 19.6. The molecule has 2 aromatic rings. The monoisotopic (exact) mass is 434 g/mol. The second-order valence-corrected chi connectivity index (χ2v) is 7.45. The van der Waals surface area contributed by atoms with Crippen LogP contribution in [-0.4, -0.2) is 49.6 Å². The third-order valence-corrected chi connectivity index (χ3v) is 5.33. The Kier molecular flexibility index (Phi) is 5.81. The van der Waals surface area contributed by atoms with Crippen molar-refractivity contribution in [3.05, 3.63) is 48.2 Å². The number of morpholine rings is 1. The molecule has 0 saturated carbocycles. The first kappa shape index (κ1) is 21.1. The highest BCUT2D eigenvalue weighted by Crippen LogP contribution is 2.33. The molecule has 31 heavy (non-hydrogen) atoms. The van der Waals surface area contributed by atoms with Crippen LogP contribution in [0.1, 0.15) is 12.0 Å². The Bertz CT molecular complexity index is 959. The molecular weight excluding hydrogens is 413 g/mol. The van der Waals surface area contributed by atoms with Crippen LogP contribution in [0.25, 0.3) is 0 Å². The molecule has 3 heterocycles. The SMILES string of the molecule is O=C(Nc1ccc(N2CCOCC2)nc1)[C@H]1CC(=O)N(c2cccc(C(F)(F)F)c2)C1. The molecule has 2 amide bonds. The first-order valence-electron chi connectivity index (χ1n) is 9.88. The maximum Gasteiger partial charge on any atom is 0.416 e. The van der Waals surface area contributed by atoms with Gasteiger partial charge in [0.25, 0.3) is 0 Å². The summed E-state index contributed by atoms with van der Waals surface area (Å²) in [6, 6.07) is 8.09. The minimum Gasteiger partial charge on any atom is -0.378 e. The number of hydrogen-bond donors (Lipinski definition) is 1. The van der Waals surface area contributed by atoms with E-state index in [1.165, 1.54) is 17.0 Å². The zero-order valence-corrected chi connectivity index (χ0v) is 16.6. The van der Waals surface area contributed by atoms with E-state index in [0.717, 1.165) is 31.0 Å². The van der Waals surface area contributed by atoms with Gasteiger partial charge in [0.2, 0.25) is 11.8 Å². The number of nitrogens with zero attached hydrogens (tertiary/aromatic N) is 3. The minimum absolute atomic E-state index is 0.0191. The Balaban J connectivity index is 1.39. The van der Waals surface area contributed by atoms with E-state index in [1.54, 1.807) is 18.3 Å². The van der Waals surface area contributed by atoms with Crippen molar-refractivity contribution < 1.29 is 27.5 Å². The largest absolute Gasteiger partial charge is 0.416 e. The quantitative estimate of drug-likeness (QED) is 0.801. The van der Waals surface area contributed by atoms with Crippen molar-refractivity contribution in [1.29, 1.82) is 0 Å². The molecule has 1 atom stereocenters. The van der Waals surface area contributed by atoms with E-state index in [0.29, 0.717) is 18.9 Å². The molecule has 2 saturated heterocycles. The number of pyridine rings is 1. The van der Waals surface area contributed by atoms with Gasteiger partial charge in [0.05, 0.1) is 36.6 Å². The molecule has 2 aliphatic rings. The van der Waals surface area contributed by atoms with Crippen LogP contribution >= 0.6 is 0 Å². The van der Waals surface area contributed by atoms with Gasteiger partial charge in [-0.1, -0.05) is 6.07 Å². The first-order valence-corrected chi connectivity index (χ1v) is 9.88. The van der Waals surface area contributed by atoms with Crippen LogP contribution in [0.4, 0.5) is 30.4 Å². The van der Waals surface area contributed by atoms with E-state index >= 15 is 0 Å². The number of alkyl halides is 3. The van der Waals surface area contributed by atoms with E-state index in [4.69, 9.17) is 4.74 Å². The topological polar surface area (TPSA) is 74.8 Å². The standard InChI is InChI=1S/C21H21F3N4O3/c22-21(23,24)15-2-1-3-17(11-15)28-13-14(10-19(28)29)20(30)26-16-4-5-18(25-12-16)27-6-8-31-9-7-27/h1-5,11-12,14H,6-10,13H2,(H,26,30)/t14-/m0/s1. The summed E-state index contributed by atoms with van der Waals surface area (Å²) in [6.45, 7) is 2.78. The van der Waals surface area contributed by atoms with E-state index in [-0.39, 0.29) is 30.5 Å². The van der Waals surface area contributed by atoms with Gasteiger partial charge in [-0.3, -0.25) is 9.59 Å². The molecule has 164 valence electrons. The summed E-state index contributed by atoms with van der Waals surface area (Å²) in [7, 11) is 0. The number of halogens is 3. The fourth-order valence-electron chi connectivity index (χ4n) is 3.67. The highest BCUT2D eigenvalue weighted by Gasteiger charge is 2.37. The lowest BCUT2D eigenvalue weighted by Gasteiger charge is -2.27. The lowest BCUT2D eigenvalue weighted by Crippen LogP contribution is -2.36. The Labute approximate surface area is 176 Å². The smallest absolute Gasteiger partial charge is 0.378 e. The molecular formula is C21H21F3N4O3. The van der Waals surface area contributed by atoms with Crippen molar-refractivity contribution in [2.75, 3.05) is 48.0 Å². The molecule has 2 aliphatic heterocycles. The molecule has 4 rings (SSSR count). The van der Waals surface area contributed by atoms with Crippen LogP contribution < -0.4 is 15.1 Å². The van der Waals surface area contributed by atoms with Crippen LogP contribution in [-0.2, 0) is 20.5 Å². The number of carbonyl (C=O) groups is 2. The van der Waals surface area contributed by atoms with Gasteiger partial charge < -0.3 is 19.9 Å². The number of anilines is 3. The maximum absolute atomic E-state index is 13.0. The summed E-state index contributed by atoms with van der Waals surface area (Å²) in [6.07, 6.45) is -3.03. The van der Waals surface area contributed by atoms with Crippen LogP contribution in [0.15, 0.2) is 42.6 Å². The molecule has 10 heteroatoms. The van der Waals surface area contributed by atoms with Crippen LogP contribution in [0, 0.1) is 5.92 Å². The molecule has 1 aromatic heterocycles. The summed E-state index contributed by atoms with van der Waals surface area (Å²) >= 11 is 0. The Morgan fingerprint density at radius 3 is 2.61 bits per heavy atom. The molecule has 0 unspecified atom stereocenters. The highest BCUT2D eigenvalue weighted by molar-refractivity contribution is 6.03. The van der Waals surface area contributed by atoms with Gasteiger partial charge in [-0.05, 0) is 30.3 Å². The summed E-state index contributed by atoms with van der Waals surface area (Å²) in [5.41, 5.74) is -0.212. The van der Waals surface area contributed by atoms with Crippen LogP contribution in [0.2, 0.25) is 0 Å². The molecule has 7 nitrogen and oxygen atoms in total. The van der Waals surface area contributed by atoms with Gasteiger partial charge in [0, 0.05) is 31.7 Å². The van der Waals surface area contributed by atoms with E-state index < -0.39 is 17.7 Å². The lowest BCUT2D eigenvalue weighted by molar-refractivity contribution is -0.137. The molecule has 0 bridgehead atoms. The van der Waals surface area contributed by atoms with Gasteiger partial charge in [-0.15, -0.1) is 0 Å². The molecule has 1 aromatic carbocycles. The fraction of sp³-hybridized carbons (Fsp3) is 0.381. The molecule has 0 aliphatic carbocycles. The molecule has 1 N–H and O–H groups in total. The molecule has 0 radical (unpaired) electrons. The predicted octanol–water partition coefficient (Wildman–Crippen LogP) is 2.93. The Morgan fingerprint density at radius 2 is 1.94 bits per heavy atom. The van der Waals surface area contributed by atoms with Crippen molar-refractivity contribution >= 4 is 29.0 Å². The number of rotatable bonds is 4. The third-order valence-electron chi connectivity index (χ3n) is 5.33. The summed E-state index contributed by atoms with van der Waals surface area (Å²) < 4.78 is 44.2. The Hall–Kier alpha value is -3.14. The summed E-state index contributed by atoms with van der Waals surface area (Å²) in [5, 5.41) is 2.74. The predicted molar refractivity (Wildman–Crippen MR) is 108 cm³/mol. The zero-order valence-electron chi connectivity index (χ0n) is 16.6. The van der Waals surface area contributed by atoms with Gasteiger partial charge >= 0.3 is 6.18 Å². The maximum atomic E-state index is 13.0. The number of aromatic nitrogens is 1. The van der Waals surface area contributed by atoms with Crippen molar-refractivity contribution in [3.8, 4) is 0 Å². The second kappa shape index (κ2) is 8.54. The van der Waals surface area contributed by atoms with Crippen molar-refractivity contribution in [1.82, 2.24) is 4.98 Å². The number of hydrogen-bond acceptors (Lipinski definition) is 5. The highest BCUT2D eigenvalue weighted by atomic mass is 19.4. The number of ether oxygens (including phenoxy) is 1. The van der Waals surface area contributed by atoms with Gasteiger partial charge in [0.15, 0.2) is 0 Å².